The maximum Gasteiger partial charge on any atom is 0.407 e. The van der Waals surface area contributed by atoms with Crippen LogP contribution in [0.3, 0.4) is 0 Å². The zero-order valence-corrected chi connectivity index (χ0v) is 12.0. The molecule has 0 aromatic heterocycles. The maximum atomic E-state index is 12.5. The van der Waals surface area contributed by atoms with E-state index in [0.29, 0.717) is 13.1 Å². The number of nitrogens with one attached hydrogen (secondary N) is 2. The lowest BCUT2D eigenvalue weighted by atomic mass is 10.1. The van der Waals surface area contributed by atoms with Crippen LogP contribution >= 0.6 is 0 Å². The van der Waals surface area contributed by atoms with Crippen LogP contribution in [-0.2, 0) is 11.2 Å². The Morgan fingerprint density at radius 2 is 2.29 bits per heavy atom. The van der Waals surface area contributed by atoms with Crippen LogP contribution in [0.25, 0.3) is 0 Å². The lowest BCUT2D eigenvalue weighted by Crippen LogP contribution is -2.38. The molecule has 2 aliphatic heterocycles. The van der Waals surface area contributed by atoms with E-state index in [1.165, 1.54) is 12.7 Å². The molecule has 1 saturated heterocycles. The molecule has 112 valence electrons. The molecule has 1 aromatic carbocycles. The zero-order chi connectivity index (χ0) is 14.8. The molecule has 2 amide bonds. The zero-order valence-electron chi connectivity index (χ0n) is 12.0. The van der Waals surface area contributed by atoms with Crippen LogP contribution in [0.2, 0.25) is 0 Å². The third kappa shape index (κ3) is 2.79. The molecule has 6 nitrogen and oxygen atoms in total. The van der Waals surface area contributed by atoms with Crippen molar-refractivity contribution in [3.8, 4) is 0 Å². The van der Waals surface area contributed by atoms with Crippen LogP contribution in [0.1, 0.15) is 22.3 Å². The van der Waals surface area contributed by atoms with Gasteiger partial charge in [-0.25, -0.2) is 4.79 Å². The van der Waals surface area contributed by atoms with Gasteiger partial charge in [0.15, 0.2) is 0 Å². The van der Waals surface area contributed by atoms with Crippen LogP contribution in [0, 0.1) is 0 Å². The van der Waals surface area contributed by atoms with Crippen LogP contribution in [0.5, 0.6) is 0 Å². The molecule has 1 unspecified atom stereocenters. The number of hydrogen-bond acceptors (Lipinski definition) is 4. The molecule has 6 heteroatoms. The third-order valence-electron chi connectivity index (χ3n) is 4.04. The summed E-state index contributed by atoms with van der Waals surface area (Å²) in [4.78, 5) is 25.5. The number of carbonyl (C=O) groups is 2. The fraction of sp³-hybridized carbons (Fsp3) is 0.467. The first-order chi connectivity index (χ1) is 10.2. The third-order valence-corrected chi connectivity index (χ3v) is 4.04. The van der Waals surface area contributed by atoms with Crippen molar-refractivity contribution in [1.29, 1.82) is 0 Å². The standard InChI is InChI=1S/C15H19N3O3/c1-21-15(20)17-12-5-7-18(9-12)14(19)11-2-3-13-10(8-11)4-6-16-13/h2-3,8,12,16H,4-7,9H2,1H3,(H,17,20). The molecule has 1 fully saturated rings. The molecule has 0 radical (unpaired) electrons. The summed E-state index contributed by atoms with van der Waals surface area (Å²) in [6.07, 6.45) is 1.27. The molecule has 1 atom stereocenters. The minimum absolute atomic E-state index is 0.0267. The number of ether oxygens (including phenoxy) is 1. The predicted molar refractivity (Wildman–Crippen MR) is 78.5 cm³/mol. The number of methoxy groups -OCH3 is 1. The highest BCUT2D eigenvalue weighted by atomic mass is 16.5. The Morgan fingerprint density at radius 3 is 3.10 bits per heavy atom. The first-order valence-electron chi connectivity index (χ1n) is 7.18. The largest absolute Gasteiger partial charge is 0.453 e. The highest BCUT2D eigenvalue weighted by molar-refractivity contribution is 5.95. The van der Waals surface area contributed by atoms with Crippen molar-refractivity contribution in [3.63, 3.8) is 0 Å². The van der Waals surface area contributed by atoms with Crippen molar-refractivity contribution in [1.82, 2.24) is 10.2 Å². The van der Waals surface area contributed by atoms with E-state index < -0.39 is 6.09 Å². The minimum atomic E-state index is -0.446. The Balaban J connectivity index is 1.65. The Kier molecular flexibility index (Phi) is 3.68. The summed E-state index contributed by atoms with van der Waals surface area (Å²) in [5.41, 5.74) is 3.04. The first kappa shape index (κ1) is 13.7. The van der Waals surface area contributed by atoms with Gasteiger partial charge in [-0.05, 0) is 36.6 Å². The smallest absolute Gasteiger partial charge is 0.407 e. The van der Waals surface area contributed by atoms with Crippen molar-refractivity contribution >= 4 is 17.7 Å². The van der Waals surface area contributed by atoms with Crippen molar-refractivity contribution in [2.75, 3.05) is 32.1 Å². The normalized spacial score (nSPS) is 19.9. The monoisotopic (exact) mass is 289 g/mol. The summed E-state index contributed by atoms with van der Waals surface area (Å²) >= 11 is 0. The number of likely N-dealkylation sites (tertiary alicyclic amines) is 1. The van der Waals surface area contributed by atoms with E-state index in [-0.39, 0.29) is 11.9 Å². The Hall–Kier alpha value is -2.24. The molecule has 0 spiro atoms. The molecular weight excluding hydrogens is 270 g/mol. The van der Waals surface area contributed by atoms with Gasteiger partial charge >= 0.3 is 6.09 Å². The van der Waals surface area contributed by atoms with Crippen LogP contribution in [-0.4, -0.2) is 49.7 Å². The highest BCUT2D eigenvalue weighted by Crippen LogP contribution is 2.24. The molecule has 2 heterocycles. The Morgan fingerprint density at radius 1 is 1.43 bits per heavy atom. The second-order valence-corrected chi connectivity index (χ2v) is 5.42. The SMILES string of the molecule is COC(=O)NC1CCN(C(=O)c2ccc3c(c2)CCN3)C1. The second-order valence-electron chi connectivity index (χ2n) is 5.42. The van der Waals surface area contributed by atoms with Crippen molar-refractivity contribution < 1.29 is 14.3 Å². The number of nitrogens with zero attached hydrogens (tertiary/aromatic N) is 1. The maximum absolute atomic E-state index is 12.5. The number of rotatable bonds is 2. The van der Waals surface area contributed by atoms with Crippen molar-refractivity contribution in [2.24, 2.45) is 0 Å². The Bertz CT molecular complexity index is 573. The summed E-state index contributed by atoms with van der Waals surface area (Å²) < 4.78 is 4.58. The second kappa shape index (κ2) is 5.63. The van der Waals surface area contributed by atoms with Crippen molar-refractivity contribution in [2.45, 2.75) is 18.9 Å². The van der Waals surface area contributed by atoms with E-state index in [1.54, 1.807) is 4.90 Å². The van der Waals surface area contributed by atoms with Gasteiger partial charge in [-0.3, -0.25) is 4.79 Å². The minimum Gasteiger partial charge on any atom is -0.453 e. The lowest BCUT2D eigenvalue weighted by molar-refractivity contribution is 0.0788. The van der Waals surface area contributed by atoms with E-state index in [4.69, 9.17) is 0 Å². The van der Waals surface area contributed by atoms with Gasteiger partial charge in [0.1, 0.15) is 0 Å². The number of carbonyl (C=O) groups excluding carboxylic acids is 2. The van der Waals surface area contributed by atoms with Gasteiger partial charge in [0.25, 0.3) is 5.91 Å². The molecular formula is C15H19N3O3. The number of anilines is 1. The van der Waals surface area contributed by atoms with Crippen LogP contribution in [0.15, 0.2) is 18.2 Å². The summed E-state index contributed by atoms with van der Waals surface area (Å²) in [5.74, 6) is 0.0267. The van der Waals surface area contributed by atoms with E-state index in [0.717, 1.165) is 30.6 Å². The average Bonchev–Trinajstić information content (AvgIpc) is 3.14. The van der Waals surface area contributed by atoms with Gasteiger partial charge < -0.3 is 20.3 Å². The van der Waals surface area contributed by atoms with Crippen molar-refractivity contribution in [3.05, 3.63) is 29.3 Å². The van der Waals surface area contributed by atoms with Gasteiger partial charge in [-0.15, -0.1) is 0 Å². The molecule has 2 aliphatic rings. The number of hydrogen-bond donors (Lipinski definition) is 2. The van der Waals surface area contributed by atoms with Crippen LogP contribution in [0.4, 0.5) is 10.5 Å². The van der Waals surface area contributed by atoms with E-state index in [1.807, 2.05) is 18.2 Å². The molecule has 3 rings (SSSR count). The summed E-state index contributed by atoms with van der Waals surface area (Å²) in [6.45, 7) is 2.12. The number of alkyl carbamates (subject to hydrolysis) is 1. The predicted octanol–water partition coefficient (Wildman–Crippen LogP) is 1.23. The fourth-order valence-electron chi connectivity index (χ4n) is 2.91. The summed E-state index contributed by atoms with van der Waals surface area (Å²) in [7, 11) is 1.34. The number of benzene rings is 1. The molecule has 0 saturated carbocycles. The van der Waals surface area contributed by atoms with E-state index in [2.05, 4.69) is 15.4 Å². The lowest BCUT2D eigenvalue weighted by Gasteiger charge is -2.17. The molecule has 0 aliphatic carbocycles. The van der Waals surface area contributed by atoms with Gasteiger partial charge in [-0.1, -0.05) is 0 Å². The topological polar surface area (TPSA) is 70.7 Å². The van der Waals surface area contributed by atoms with Gasteiger partial charge in [-0.2, -0.15) is 0 Å². The number of fused-ring (bicyclic) bond motifs is 1. The highest BCUT2D eigenvalue weighted by Gasteiger charge is 2.28. The van der Waals surface area contributed by atoms with E-state index >= 15 is 0 Å². The fourth-order valence-corrected chi connectivity index (χ4v) is 2.91. The average molecular weight is 289 g/mol. The summed E-state index contributed by atoms with van der Waals surface area (Å²) in [5, 5.41) is 6.03. The molecule has 2 N–H and O–H groups in total. The van der Waals surface area contributed by atoms with Gasteiger partial charge in [0.2, 0.25) is 0 Å². The molecule has 1 aromatic rings. The Labute approximate surface area is 123 Å². The van der Waals surface area contributed by atoms with Gasteiger partial charge in [0.05, 0.1) is 13.2 Å². The quantitative estimate of drug-likeness (QED) is 0.859. The van der Waals surface area contributed by atoms with Crippen LogP contribution < -0.4 is 10.6 Å². The first-order valence-corrected chi connectivity index (χ1v) is 7.18. The van der Waals surface area contributed by atoms with Gasteiger partial charge in [0, 0.05) is 30.9 Å². The summed E-state index contributed by atoms with van der Waals surface area (Å²) in [6, 6.07) is 5.77. The molecule has 21 heavy (non-hydrogen) atoms. The number of amides is 2. The van der Waals surface area contributed by atoms with E-state index in [9.17, 15) is 9.59 Å². The molecule has 0 bridgehead atoms.